The van der Waals surface area contributed by atoms with Gasteiger partial charge in [-0.05, 0) is 59.8 Å². The fraction of sp³-hybridized carbons (Fsp3) is 0.357. The van der Waals surface area contributed by atoms with Crippen molar-refractivity contribution in [2.24, 2.45) is 11.7 Å². The zero-order chi connectivity index (χ0) is 25.4. The molecule has 206 valence electrons. The van der Waals surface area contributed by atoms with E-state index in [0.29, 0.717) is 16.5 Å². The Morgan fingerprint density at radius 3 is 1.86 bits per heavy atom. The average molecular weight is 661 g/mol. The molecular formula is C28H39Br2NO5S. The van der Waals surface area contributed by atoms with E-state index in [1.165, 1.54) is 30.2 Å². The molecule has 0 atom stereocenters. The highest BCUT2D eigenvalue weighted by molar-refractivity contribution is 9.10. The Kier molecular flexibility index (Phi) is 17.3. The summed E-state index contributed by atoms with van der Waals surface area (Å²) < 4.78 is 7.91. The molecule has 4 aromatic rings. The summed E-state index contributed by atoms with van der Waals surface area (Å²) in [4.78, 5) is 21.6. The first kappa shape index (κ1) is 37.0. The second kappa shape index (κ2) is 17.3. The van der Waals surface area contributed by atoms with E-state index in [9.17, 15) is 9.59 Å². The minimum atomic E-state index is -1.05. The predicted octanol–water partition coefficient (Wildman–Crippen LogP) is 9.93. The van der Waals surface area contributed by atoms with Crippen LogP contribution < -0.4 is 5.73 Å². The number of halogens is 2. The van der Waals surface area contributed by atoms with E-state index >= 15 is 0 Å². The second-order valence-corrected chi connectivity index (χ2v) is 11.0. The maximum absolute atomic E-state index is 10.7. The summed E-state index contributed by atoms with van der Waals surface area (Å²) in [6, 6.07) is 14.6. The number of carbonyl (C=O) groups is 2. The number of hydrogen-bond donors (Lipinski definition) is 3. The van der Waals surface area contributed by atoms with Gasteiger partial charge in [0.25, 0.3) is 0 Å². The molecular weight excluding hydrogens is 622 g/mol. The molecule has 0 saturated heterocycles. The van der Waals surface area contributed by atoms with Crippen molar-refractivity contribution >= 4 is 76.2 Å². The van der Waals surface area contributed by atoms with Gasteiger partial charge in [0.15, 0.2) is 0 Å². The van der Waals surface area contributed by atoms with Gasteiger partial charge in [-0.1, -0.05) is 93.8 Å². The van der Waals surface area contributed by atoms with Crippen LogP contribution >= 0.6 is 43.2 Å². The largest absolute Gasteiger partial charge is 0.477 e. The average Bonchev–Trinajstić information content (AvgIpc) is 3.24. The first-order valence-electron chi connectivity index (χ1n) is 10.6. The van der Waals surface area contributed by atoms with Crippen LogP contribution in [0.5, 0.6) is 0 Å². The van der Waals surface area contributed by atoms with Crippen LogP contribution in [0.15, 0.2) is 61.9 Å². The summed E-state index contributed by atoms with van der Waals surface area (Å²) in [5, 5.41) is 19.2. The summed E-state index contributed by atoms with van der Waals surface area (Å²) in [6.07, 6.45) is 2.97. The number of fused-ring (bicyclic) bond motifs is 2. The smallest absolute Gasteiger partial charge is 0.371 e. The van der Waals surface area contributed by atoms with E-state index in [-0.39, 0.29) is 28.0 Å². The number of carboxylic acids is 2. The van der Waals surface area contributed by atoms with Gasteiger partial charge in [-0.25, -0.2) is 9.59 Å². The topological polar surface area (TPSA) is 114 Å². The molecule has 1 aliphatic rings. The minimum absolute atomic E-state index is 0. The van der Waals surface area contributed by atoms with Gasteiger partial charge in [0, 0.05) is 19.0 Å². The van der Waals surface area contributed by atoms with Crippen LogP contribution in [0.1, 0.15) is 76.1 Å². The second-order valence-electron chi connectivity index (χ2n) is 8.12. The number of nitrogens with two attached hydrogens (primary N) is 1. The molecule has 2 aromatic carbocycles. The van der Waals surface area contributed by atoms with Gasteiger partial charge >= 0.3 is 11.9 Å². The van der Waals surface area contributed by atoms with Gasteiger partial charge in [0.05, 0.1) is 0 Å². The molecule has 9 heteroatoms. The molecule has 0 aliphatic heterocycles. The number of aromatic carboxylic acids is 2. The van der Waals surface area contributed by atoms with Gasteiger partial charge in [0.1, 0.15) is 10.5 Å². The van der Waals surface area contributed by atoms with Crippen LogP contribution in [0.2, 0.25) is 0 Å². The zero-order valence-corrected chi connectivity index (χ0v) is 23.0. The Bertz CT molecular complexity index is 1170. The van der Waals surface area contributed by atoms with Crippen LogP contribution in [0.3, 0.4) is 0 Å². The normalized spacial score (nSPS) is 11.2. The summed E-state index contributed by atoms with van der Waals surface area (Å²) in [6.45, 7) is 6.17. The Balaban J connectivity index is 0. The van der Waals surface area contributed by atoms with Crippen molar-refractivity contribution in [1.29, 1.82) is 0 Å². The van der Waals surface area contributed by atoms with E-state index in [1.54, 1.807) is 18.2 Å². The maximum Gasteiger partial charge on any atom is 0.371 e. The fourth-order valence-electron chi connectivity index (χ4n) is 2.39. The summed E-state index contributed by atoms with van der Waals surface area (Å²) in [5.41, 5.74) is 5.69. The Morgan fingerprint density at radius 2 is 1.41 bits per heavy atom. The summed E-state index contributed by atoms with van der Waals surface area (Å²) in [7, 11) is 0. The van der Waals surface area contributed by atoms with Gasteiger partial charge in [-0.2, -0.15) is 0 Å². The summed E-state index contributed by atoms with van der Waals surface area (Å²) in [5.74, 6) is -0.863. The number of furan rings is 1. The Labute approximate surface area is 241 Å². The van der Waals surface area contributed by atoms with Crippen molar-refractivity contribution in [1.82, 2.24) is 0 Å². The number of thiophene rings is 1. The van der Waals surface area contributed by atoms with E-state index in [4.69, 9.17) is 20.4 Å². The molecule has 0 amide bonds. The summed E-state index contributed by atoms with van der Waals surface area (Å²) >= 11 is 7.90. The molecule has 0 spiro atoms. The van der Waals surface area contributed by atoms with Crippen molar-refractivity contribution in [3.8, 4) is 0 Å². The van der Waals surface area contributed by atoms with Crippen LogP contribution in [0.4, 0.5) is 0 Å². The zero-order valence-electron chi connectivity index (χ0n) is 19.0. The van der Waals surface area contributed by atoms with Crippen LogP contribution in [-0.4, -0.2) is 28.2 Å². The third-order valence-electron chi connectivity index (χ3n) is 4.25. The van der Waals surface area contributed by atoms with Crippen molar-refractivity contribution in [2.75, 3.05) is 0 Å². The van der Waals surface area contributed by atoms with E-state index in [0.717, 1.165) is 30.3 Å². The monoisotopic (exact) mass is 659 g/mol. The minimum Gasteiger partial charge on any atom is -0.477 e. The molecule has 0 bridgehead atoms. The van der Waals surface area contributed by atoms with Gasteiger partial charge < -0.3 is 20.4 Å². The third kappa shape index (κ3) is 13.2. The molecule has 2 heterocycles. The molecule has 1 aliphatic carbocycles. The third-order valence-corrected chi connectivity index (χ3v) is 6.32. The SMILES string of the molecule is C.C.C.CC(C)N.CC1CC1.O=C(O)c1cc2ccc(Br)cc2o1.O=C(O)c1cc2ccc(Br)cc2s1. The number of carboxylic acid groups (broad SMARTS) is 2. The van der Waals surface area contributed by atoms with E-state index < -0.39 is 11.9 Å². The highest BCUT2D eigenvalue weighted by Gasteiger charge is 2.12. The van der Waals surface area contributed by atoms with Crippen molar-refractivity contribution in [2.45, 2.75) is 61.9 Å². The van der Waals surface area contributed by atoms with Crippen molar-refractivity contribution < 1.29 is 24.2 Å². The lowest BCUT2D eigenvalue weighted by Crippen LogP contribution is -2.06. The van der Waals surface area contributed by atoms with Gasteiger partial charge in [0.2, 0.25) is 5.76 Å². The van der Waals surface area contributed by atoms with E-state index in [2.05, 4.69) is 38.8 Å². The lowest BCUT2D eigenvalue weighted by Gasteiger charge is -1.88. The van der Waals surface area contributed by atoms with Crippen LogP contribution in [0, 0.1) is 5.92 Å². The molecule has 1 fully saturated rings. The molecule has 4 N–H and O–H groups in total. The Morgan fingerprint density at radius 1 is 0.919 bits per heavy atom. The first-order valence-corrected chi connectivity index (χ1v) is 13.0. The van der Waals surface area contributed by atoms with Crippen LogP contribution in [0.25, 0.3) is 21.1 Å². The lowest BCUT2D eigenvalue weighted by molar-refractivity contribution is 0.0662. The molecule has 2 aromatic heterocycles. The number of benzene rings is 2. The molecule has 0 unspecified atom stereocenters. The highest BCUT2D eigenvalue weighted by Crippen LogP contribution is 2.28. The standard InChI is InChI=1S/C9H5BrO3.C9H5BrO2S.C4H8.C3H9N.3CH4/c2*10-6-2-1-5-3-8(9(11)12)13-7(5)4-6;1-4-2-3-4;1-3(2)4;;;/h2*1-4H,(H,11,12);4H,2-3H2,1H3;3H,4H2,1-2H3;3*1H4. The predicted molar refractivity (Wildman–Crippen MR) is 165 cm³/mol. The molecule has 1 saturated carbocycles. The van der Waals surface area contributed by atoms with Crippen molar-refractivity contribution in [3.63, 3.8) is 0 Å². The first-order chi connectivity index (χ1) is 16.0. The fourth-order valence-corrected chi connectivity index (χ4v) is 4.18. The highest BCUT2D eigenvalue weighted by atomic mass is 79.9. The van der Waals surface area contributed by atoms with E-state index in [1.807, 2.05) is 38.1 Å². The number of hydrogen-bond acceptors (Lipinski definition) is 5. The Hall–Kier alpha value is -2.20. The number of rotatable bonds is 2. The van der Waals surface area contributed by atoms with Gasteiger partial charge in [-0.15, -0.1) is 11.3 Å². The molecule has 0 radical (unpaired) electrons. The lowest BCUT2D eigenvalue weighted by atomic mass is 10.2. The maximum atomic E-state index is 10.7. The van der Waals surface area contributed by atoms with Crippen molar-refractivity contribution in [3.05, 3.63) is 68.1 Å². The van der Waals surface area contributed by atoms with Gasteiger partial charge in [-0.3, -0.25) is 0 Å². The quantitative estimate of drug-likeness (QED) is 0.197. The molecule has 6 nitrogen and oxygen atoms in total. The van der Waals surface area contributed by atoms with Crippen LogP contribution in [-0.2, 0) is 0 Å². The molecule has 37 heavy (non-hydrogen) atoms. The molecule has 5 rings (SSSR count).